The molecule has 1 aliphatic rings. The van der Waals surface area contributed by atoms with Crippen molar-refractivity contribution < 1.29 is 4.79 Å². The third kappa shape index (κ3) is 4.27. The summed E-state index contributed by atoms with van der Waals surface area (Å²) in [5.74, 6) is 0.334. The van der Waals surface area contributed by atoms with Gasteiger partial charge in [0.2, 0.25) is 5.91 Å². The molecule has 1 aliphatic carbocycles. The summed E-state index contributed by atoms with van der Waals surface area (Å²) in [5.41, 5.74) is 0. The first-order chi connectivity index (χ1) is 6.24. The van der Waals surface area contributed by atoms with Crippen LogP contribution >= 0.6 is 0 Å². The van der Waals surface area contributed by atoms with Gasteiger partial charge in [-0.2, -0.15) is 0 Å². The Kier molecular flexibility index (Phi) is 4.22. The van der Waals surface area contributed by atoms with Gasteiger partial charge in [0.05, 0.1) is 0 Å². The van der Waals surface area contributed by atoms with Crippen LogP contribution in [0.5, 0.6) is 0 Å². The second-order valence-corrected chi connectivity index (χ2v) is 3.83. The molecule has 0 radical (unpaired) electrons. The predicted molar refractivity (Wildman–Crippen MR) is 53.5 cm³/mol. The zero-order valence-corrected chi connectivity index (χ0v) is 8.60. The van der Waals surface area contributed by atoms with Crippen molar-refractivity contribution in [3.8, 4) is 0 Å². The molecule has 0 aromatic heterocycles. The number of carbonyl (C=O) groups excluding carboxylic acids is 1. The van der Waals surface area contributed by atoms with Crippen molar-refractivity contribution >= 4 is 5.91 Å². The highest BCUT2D eigenvalue weighted by molar-refractivity contribution is 5.78. The minimum Gasteiger partial charge on any atom is -0.355 e. The average Bonchev–Trinajstić information content (AvgIpc) is 2.94. The molecule has 0 heterocycles. The summed E-state index contributed by atoms with van der Waals surface area (Å²) in [4.78, 5) is 11.3. The van der Waals surface area contributed by atoms with Crippen molar-refractivity contribution in [1.82, 2.24) is 10.6 Å². The van der Waals surface area contributed by atoms with E-state index in [1.807, 2.05) is 13.8 Å². The molecule has 1 amide bonds. The maximum atomic E-state index is 11.3. The number of carbonyl (C=O) groups is 1. The fourth-order valence-corrected chi connectivity index (χ4v) is 1.11. The maximum absolute atomic E-state index is 11.3. The summed E-state index contributed by atoms with van der Waals surface area (Å²) < 4.78 is 0. The van der Waals surface area contributed by atoms with Crippen LogP contribution in [-0.4, -0.2) is 25.0 Å². The Hall–Kier alpha value is -0.570. The lowest BCUT2D eigenvalue weighted by Crippen LogP contribution is -2.35. The molecule has 3 nitrogen and oxygen atoms in total. The fourth-order valence-electron chi connectivity index (χ4n) is 1.11. The van der Waals surface area contributed by atoms with Gasteiger partial charge in [-0.1, -0.05) is 13.8 Å². The summed E-state index contributed by atoms with van der Waals surface area (Å²) in [6, 6.07) is 0.737. The number of hydrogen-bond donors (Lipinski definition) is 2. The highest BCUT2D eigenvalue weighted by atomic mass is 16.1. The summed E-state index contributed by atoms with van der Waals surface area (Å²) in [6.45, 7) is 5.67. The van der Waals surface area contributed by atoms with E-state index in [-0.39, 0.29) is 11.8 Å². The van der Waals surface area contributed by atoms with E-state index < -0.39 is 0 Å². The van der Waals surface area contributed by atoms with Crippen molar-refractivity contribution in [3.05, 3.63) is 0 Å². The van der Waals surface area contributed by atoms with E-state index in [2.05, 4.69) is 10.6 Å². The molecular weight excluding hydrogens is 164 g/mol. The van der Waals surface area contributed by atoms with Gasteiger partial charge in [-0.3, -0.25) is 4.79 Å². The second-order valence-electron chi connectivity index (χ2n) is 3.83. The second kappa shape index (κ2) is 5.22. The molecule has 0 saturated heterocycles. The molecule has 0 aromatic carbocycles. The van der Waals surface area contributed by atoms with E-state index in [0.29, 0.717) is 0 Å². The third-order valence-corrected chi connectivity index (χ3v) is 2.49. The Bertz CT molecular complexity index is 166. The van der Waals surface area contributed by atoms with Crippen LogP contribution in [0, 0.1) is 5.92 Å². The lowest BCUT2D eigenvalue weighted by Gasteiger charge is -2.09. The van der Waals surface area contributed by atoms with Gasteiger partial charge in [0, 0.05) is 25.0 Å². The normalized spacial score (nSPS) is 18.3. The molecule has 1 saturated carbocycles. The molecule has 3 heteroatoms. The summed E-state index contributed by atoms with van der Waals surface area (Å²) in [7, 11) is 0. The largest absolute Gasteiger partial charge is 0.355 e. The molecule has 0 aliphatic heterocycles. The summed E-state index contributed by atoms with van der Waals surface area (Å²) in [6.07, 6.45) is 3.53. The Balaban J connectivity index is 1.94. The van der Waals surface area contributed by atoms with Crippen LogP contribution < -0.4 is 10.6 Å². The fraction of sp³-hybridized carbons (Fsp3) is 0.900. The van der Waals surface area contributed by atoms with Crippen LogP contribution in [0.1, 0.15) is 33.1 Å². The Morgan fingerprint density at radius 2 is 2.15 bits per heavy atom. The molecule has 1 fully saturated rings. The zero-order valence-electron chi connectivity index (χ0n) is 8.60. The zero-order chi connectivity index (χ0) is 9.68. The Morgan fingerprint density at radius 3 is 2.69 bits per heavy atom. The lowest BCUT2D eigenvalue weighted by atomic mass is 10.1. The molecule has 0 spiro atoms. The highest BCUT2D eigenvalue weighted by Gasteiger charge is 2.19. The van der Waals surface area contributed by atoms with Gasteiger partial charge in [-0.25, -0.2) is 0 Å². The summed E-state index contributed by atoms with van der Waals surface area (Å²) >= 11 is 0. The van der Waals surface area contributed by atoms with Gasteiger partial charge in [0.15, 0.2) is 0 Å². The van der Waals surface area contributed by atoms with Gasteiger partial charge in [-0.05, 0) is 19.3 Å². The SMILES string of the molecule is CCC(C)C(=O)NCCNC1CC1. The van der Waals surface area contributed by atoms with Crippen molar-refractivity contribution in [2.24, 2.45) is 5.92 Å². The molecule has 76 valence electrons. The van der Waals surface area contributed by atoms with E-state index in [1.54, 1.807) is 0 Å². The molecule has 0 aromatic rings. The van der Waals surface area contributed by atoms with Gasteiger partial charge in [0.25, 0.3) is 0 Å². The first kappa shape index (κ1) is 10.5. The average molecular weight is 184 g/mol. The van der Waals surface area contributed by atoms with Gasteiger partial charge in [0.1, 0.15) is 0 Å². The minimum absolute atomic E-state index is 0.154. The van der Waals surface area contributed by atoms with Crippen molar-refractivity contribution in [2.75, 3.05) is 13.1 Å². The number of amides is 1. The van der Waals surface area contributed by atoms with E-state index in [1.165, 1.54) is 12.8 Å². The molecule has 1 unspecified atom stereocenters. The van der Waals surface area contributed by atoms with Gasteiger partial charge >= 0.3 is 0 Å². The van der Waals surface area contributed by atoms with Crippen LogP contribution in [0.3, 0.4) is 0 Å². The topological polar surface area (TPSA) is 41.1 Å². The molecule has 1 atom stereocenters. The first-order valence-corrected chi connectivity index (χ1v) is 5.25. The number of hydrogen-bond acceptors (Lipinski definition) is 2. The quantitative estimate of drug-likeness (QED) is 0.602. The van der Waals surface area contributed by atoms with Gasteiger partial charge < -0.3 is 10.6 Å². The van der Waals surface area contributed by atoms with Crippen LogP contribution in [0.4, 0.5) is 0 Å². The smallest absolute Gasteiger partial charge is 0.222 e. The van der Waals surface area contributed by atoms with E-state index in [0.717, 1.165) is 25.6 Å². The van der Waals surface area contributed by atoms with Crippen molar-refractivity contribution in [3.63, 3.8) is 0 Å². The van der Waals surface area contributed by atoms with Crippen molar-refractivity contribution in [2.45, 2.75) is 39.2 Å². The van der Waals surface area contributed by atoms with Crippen LogP contribution in [-0.2, 0) is 4.79 Å². The van der Waals surface area contributed by atoms with Crippen LogP contribution in [0.25, 0.3) is 0 Å². The highest BCUT2D eigenvalue weighted by Crippen LogP contribution is 2.17. The first-order valence-electron chi connectivity index (χ1n) is 5.25. The van der Waals surface area contributed by atoms with E-state index >= 15 is 0 Å². The standard InChI is InChI=1S/C10H20N2O/c1-3-8(2)10(13)12-7-6-11-9-4-5-9/h8-9,11H,3-7H2,1-2H3,(H,12,13). The van der Waals surface area contributed by atoms with Gasteiger partial charge in [-0.15, -0.1) is 0 Å². The van der Waals surface area contributed by atoms with E-state index in [9.17, 15) is 4.79 Å². The predicted octanol–water partition coefficient (Wildman–Crippen LogP) is 0.901. The molecule has 2 N–H and O–H groups in total. The number of rotatable bonds is 6. The molecule has 1 rings (SSSR count). The molecule has 0 bridgehead atoms. The Labute approximate surface area is 80.3 Å². The Morgan fingerprint density at radius 1 is 1.46 bits per heavy atom. The maximum Gasteiger partial charge on any atom is 0.222 e. The summed E-state index contributed by atoms with van der Waals surface area (Å²) in [5, 5.41) is 6.27. The van der Waals surface area contributed by atoms with Crippen LogP contribution in [0.15, 0.2) is 0 Å². The minimum atomic E-state index is 0.154. The molecular formula is C10H20N2O. The van der Waals surface area contributed by atoms with E-state index in [4.69, 9.17) is 0 Å². The van der Waals surface area contributed by atoms with Crippen LogP contribution in [0.2, 0.25) is 0 Å². The number of nitrogens with one attached hydrogen (secondary N) is 2. The monoisotopic (exact) mass is 184 g/mol. The van der Waals surface area contributed by atoms with Crippen molar-refractivity contribution in [1.29, 1.82) is 0 Å². The lowest BCUT2D eigenvalue weighted by molar-refractivity contribution is -0.124. The molecule has 13 heavy (non-hydrogen) atoms. The third-order valence-electron chi connectivity index (χ3n) is 2.49.